The number of rotatable bonds is 8. The number of ether oxygens (including phenoxy) is 1. The van der Waals surface area contributed by atoms with E-state index in [-0.39, 0.29) is 12.0 Å². The fourth-order valence-corrected chi connectivity index (χ4v) is 3.99. The van der Waals surface area contributed by atoms with Gasteiger partial charge in [0.25, 0.3) is 0 Å². The highest BCUT2D eigenvalue weighted by atomic mass is 16.5. The van der Waals surface area contributed by atoms with Crippen LogP contribution in [0.3, 0.4) is 0 Å². The molecule has 2 N–H and O–H groups in total. The Morgan fingerprint density at radius 3 is 2.78 bits per heavy atom. The molecule has 1 aromatic heterocycles. The Balaban J connectivity index is 1.52. The maximum Gasteiger partial charge on any atom is 0.175 e. The van der Waals surface area contributed by atoms with E-state index >= 15 is 0 Å². The summed E-state index contributed by atoms with van der Waals surface area (Å²) in [6.07, 6.45) is 5.30. The molecular weight excluding hydrogens is 342 g/mol. The molecule has 2 unspecified atom stereocenters. The van der Waals surface area contributed by atoms with Gasteiger partial charge < -0.3 is 24.6 Å². The number of aryl methyl sites for hydroxylation is 1. The SMILES string of the molecule is CN(C)Cc1c(OCC2CC2O)ccc2c(CCC3CCNCC3)noc12. The van der Waals surface area contributed by atoms with Crippen LogP contribution in [-0.2, 0) is 13.0 Å². The van der Waals surface area contributed by atoms with Crippen molar-refractivity contribution in [2.75, 3.05) is 33.8 Å². The van der Waals surface area contributed by atoms with Gasteiger partial charge in [0.05, 0.1) is 24.0 Å². The van der Waals surface area contributed by atoms with Gasteiger partial charge in [0.15, 0.2) is 5.58 Å². The molecule has 6 heteroatoms. The highest BCUT2D eigenvalue weighted by Gasteiger charge is 2.36. The molecule has 6 nitrogen and oxygen atoms in total. The molecule has 1 aliphatic carbocycles. The maximum absolute atomic E-state index is 9.54. The van der Waals surface area contributed by atoms with Gasteiger partial charge in [0, 0.05) is 17.8 Å². The summed E-state index contributed by atoms with van der Waals surface area (Å²) in [6, 6.07) is 4.13. The molecule has 2 aliphatic rings. The lowest BCUT2D eigenvalue weighted by molar-refractivity contribution is 0.219. The molecule has 0 bridgehead atoms. The molecule has 0 radical (unpaired) electrons. The van der Waals surface area contributed by atoms with E-state index in [1.54, 1.807) is 0 Å². The molecular formula is C21H31N3O3. The minimum absolute atomic E-state index is 0.196. The zero-order valence-corrected chi connectivity index (χ0v) is 16.4. The molecule has 1 saturated heterocycles. The number of nitrogens with one attached hydrogen (secondary N) is 1. The lowest BCUT2D eigenvalue weighted by atomic mass is 9.92. The van der Waals surface area contributed by atoms with Crippen LogP contribution in [0.4, 0.5) is 0 Å². The average Bonchev–Trinajstić information content (AvgIpc) is 3.21. The van der Waals surface area contributed by atoms with Crippen LogP contribution in [0.15, 0.2) is 16.7 Å². The van der Waals surface area contributed by atoms with Crippen molar-refractivity contribution in [1.29, 1.82) is 0 Å². The number of benzene rings is 1. The van der Waals surface area contributed by atoms with Crippen molar-refractivity contribution in [3.8, 4) is 5.75 Å². The Morgan fingerprint density at radius 1 is 1.30 bits per heavy atom. The number of nitrogens with zero attached hydrogens (tertiary/aromatic N) is 2. The van der Waals surface area contributed by atoms with E-state index < -0.39 is 0 Å². The lowest BCUT2D eigenvalue weighted by Crippen LogP contribution is -2.27. The highest BCUT2D eigenvalue weighted by molar-refractivity contribution is 5.84. The van der Waals surface area contributed by atoms with E-state index in [0.29, 0.717) is 6.61 Å². The number of aliphatic hydroxyl groups is 1. The Bertz CT molecular complexity index is 767. The average molecular weight is 373 g/mol. The quantitative estimate of drug-likeness (QED) is 0.741. The predicted octanol–water partition coefficient (Wildman–Crippen LogP) is 2.58. The third kappa shape index (κ3) is 4.45. The van der Waals surface area contributed by atoms with Crippen molar-refractivity contribution < 1.29 is 14.4 Å². The van der Waals surface area contributed by atoms with Crippen molar-refractivity contribution in [1.82, 2.24) is 15.4 Å². The van der Waals surface area contributed by atoms with Gasteiger partial charge >= 0.3 is 0 Å². The van der Waals surface area contributed by atoms with Crippen molar-refractivity contribution >= 4 is 11.0 Å². The second-order valence-electron chi connectivity index (χ2n) is 8.39. The lowest BCUT2D eigenvalue weighted by Gasteiger charge is -2.21. The van der Waals surface area contributed by atoms with Crippen LogP contribution in [0.25, 0.3) is 11.0 Å². The summed E-state index contributed by atoms with van der Waals surface area (Å²) in [5, 5.41) is 18.5. The van der Waals surface area contributed by atoms with Crippen LogP contribution in [0.1, 0.15) is 36.9 Å². The minimum atomic E-state index is -0.196. The maximum atomic E-state index is 9.54. The standard InChI is InChI=1S/C21H31N3O3/c1-24(2)12-17-20(26-13-15-11-19(15)25)6-4-16-18(23-27-21(16)17)5-3-14-7-9-22-10-8-14/h4,6,14-15,19,22,25H,3,5,7-13H2,1-2H3. The summed E-state index contributed by atoms with van der Waals surface area (Å²) >= 11 is 0. The van der Waals surface area contributed by atoms with Crippen LogP contribution >= 0.6 is 0 Å². The molecule has 1 saturated carbocycles. The third-order valence-corrected chi connectivity index (χ3v) is 5.84. The molecule has 4 rings (SSSR count). The topological polar surface area (TPSA) is 70.8 Å². The van der Waals surface area contributed by atoms with E-state index in [1.807, 2.05) is 20.2 Å². The smallest absolute Gasteiger partial charge is 0.175 e. The normalized spacial score (nSPS) is 23.3. The zero-order valence-electron chi connectivity index (χ0n) is 16.4. The van der Waals surface area contributed by atoms with Crippen LogP contribution in [0, 0.1) is 11.8 Å². The second kappa shape index (κ2) is 8.17. The van der Waals surface area contributed by atoms with Gasteiger partial charge in [-0.3, -0.25) is 0 Å². The van der Waals surface area contributed by atoms with Gasteiger partial charge in [0.2, 0.25) is 0 Å². The van der Waals surface area contributed by atoms with Gasteiger partial charge in [-0.15, -0.1) is 0 Å². The van der Waals surface area contributed by atoms with Crippen LogP contribution in [0.2, 0.25) is 0 Å². The summed E-state index contributed by atoms with van der Waals surface area (Å²) in [4.78, 5) is 2.12. The number of aliphatic hydroxyl groups excluding tert-OH is 1. The largest absolute Gasteiger partial charge is 0.493 e. The Labute approximate surface area is 160 Å². The number of hydrogen-bond donors (Lipinski definition) is 2. The highest BCUT2D eigenvalue weighted by Crippen LogP contribution is 2.35. The molecule has 0 spiro atoms. The molecule has 1 aromatic carbocycles. The van der Waals surface area contributed by atoms with Crippen molar-refractivity contribution in [2.24, 2.45) is 11.8 Å². The van der Waals surface area contributed by atoms with E-state index in [1.165, 1.54) is 19.3 Å². The van der Waals surface area contributed by atoms with Crippen molar-refractivity contribution in [3.05, 3.63) is 23.4 Å². The monoisotopic (exact) mass is 373 g/mol. The number of hydrogen-bond acceptors (Lipinski definition) is 6. The summed E-state index contributed by atoms with van der Waals surface area (Å²) in [6.45, 7) is 3.56. The van der Waals surface area contributed by atoms with E-state index in [4.69, 9.17) is 9.26 Å². The molecule has 1 aliphatic heterocycles. The van der Waals surface area contributed by atoms with Crippen LogP contribution in [-0.4, -0.2) is 55.1 Å². The minimum Gasteiger partial charge on any atom is -0.493 e. The molecule has 27 heavy (non-hydrogen) atoms. The fraction of sp³-hybridized carbons (Fsp3) is 0.667. The molecule has 2 aromatic rings. The van der Waals surface area contributed by atoms with Crippen LogP contribution in [0.5, 0.6) is 5.75 Å². The van der Waals surface area contributed by atoms with Gasteiger partial charge in [0.1, 0.15) is 5.75 Å². The predicted molar refractivity (Wildman–Crippen MR) is 105 cm³/mol. The summed E-state index contributed by atoms with van der Waals surface area (Å²) in [7, 11) is 4.09. The zero-order chi connectivity index (χ0) is 18.8. The van der Waals surface area contributed by atoms with Crippen LogP contribution < -0.4 is 10.1 Å². The molecule has 2 fully saturated rings. The van der Waals surface area contributed by atoms with E-state index in [2.05, 4.69) is 21.4 Å². The van der Waals surface area contributed by atoms with E-state index in [9.17, 15) is 5.11 Å². The first-order valence-electron chi connectivity index (χ1n) is 10.2. The molecule has 2 atom stereocenters. The Morgan fingerprint density at radius 2 is 2.07 bits per heavy atom. The molecule has 0 amide bonds. The first-order valence-corrected chi connectivity index (χ1v) is 10.2. The third-order valence-electron chi connectivity index (χ3n) is 5.84. The van der Waals surface area contributed by atoms with Gasteiger partial charge in [-0.05, 0) is 77.3 Å². The van der Waals surface area contributed by atoms with Crippen molar-refractivity contribution in [2.45, 2.75) is 44.8 Å². The van der Waals surface area contributed by atoms with Gasteiger partial charge in [-0.25, -0.2) is 0 Å². The van der Waals surface area contributed by atoms with Crippen molar-refractivity contribution in [3.63, 3.8) is 0 Å². The Hall–Kier alpha value is -1.63. The van der Waals surface area contributed by atoms with Gasteiger partial charge in [-0.1, -0.05) is 5.16 Å². The number of piperidine rings is 1. The summed E-state index contributed by atoms with van der Waals surface area (Å²) in [5.41, 5.74) is 2.96. The van der Waals surface area contributed by atoms with Gasteiger partial charge in [-0.2, -0.15) is 0 Å². The molecule has 148 valence electrons. The fourth-order valence-electron chi connectivity index (χ4n) is 3.99. The van der Waals surface area contributed by atoms with E-state index in [0.717, 1.165) is 66.4 Å². The molecule has 2 heterocycles. The number of fused-ring (bicyclic) bond motifs is 1. The first-order chi connectivity index (χ1) is 13.1. The summed E-state index contributed by atoms with van der Waals surface area (Å²) in [5.74, 6) is 1.89. The first kappa shape index (κ1) is 18.7. The Kier molecular flexibility index (Phi) is 5.66. The number of aromatic nitrogens is 1. The second-order valence-corrected chi connectivity index (χ2v) is 8.39. The summed E-state index contributed by atoms with van der Waals surface area (Å²) < 4.78 is 11.8.